The molecule has 10 heteroatoms. The number of rotatable bonds is 9. The van der Waals surface area contributed by atoms with E-state index in [2.05, 4.69) is 10.1 Å². The lowest BCUT2D eigenvalue weighted by molar-refractivity contribution is -0.384. The van der Waals surface area contributed by atoms with Crippen molar-refractivity contribution >= 4 is 29.2 Å². The second-order valence-electron chi connectivity index (χ2n) is 6.70. The van der Waals surface area contributed by atoms with E-state index >= 15 is 0 Å². The molecule has 0 aliphatic carbocycles. The lowest BCUT2D eigenvalue weighted by atomic mass is 10.0. The minimum atomic E-state index is -0.888. The number of nitrogens with zero attached hydrogens (tertiary/aromatic N) is 2. The van der Waals surface area contributed by atoms with Crippen LogP contribution in [0.5, 0.6) is 0 Å². The van der Waals surface area contributed by atoms with Crippen molar-refractivity contribution in [1.29, 1.82) is 0 Å². The highest BCUT2D eigenvalue weighted by atomic mass is 16.6. The third-order valence-electron chi connectivity index (χ3n) is 3.76. The zero-order valence-electron chi connectivity index (χ0n) is 16.6. The molecular weight excluding hydrogens is 370 g/mol. The van der Waals surface area contributed by atoms with E-state index in [1.165, 1.54) is 19.2 Å². The lowest BCUT2D eigenvalue weighted by Gasteiger charge is -2.19. The molecule has 0 radical (unpaired) electrons. The Hall–Kier alpha value is -3.17. The minimum Gasteiger partial charge on any atom is -0.467 e. The standard InChI is InChI=1S/C18H25N3O7/c1-11(2)8-14(18(24)27-5)19-16(22)10-28-17(23)13-9-12(21(25)26)6-7-15(13)20(3)4/h6-7,9,11,14H,8,10H2,1-5H3,(H,19,22)/t14-/m0/s1. The van der Waals surface area contributed by atoms with E-state index in [1.54, 1.807) is 19.0 Å². The van der Waals surface area contributed by atoms with Crippen LogP contribution < -0.4 is 10.2 Å². The second-order valence-corrected chi connectivity index (χ2v) is 6.70. The van der Waals surface area contributed by atoms with Crippen LogP contribution in [0.25, 0.3) is 0 Å². The first-order chi connectivity index (χ1) is 13.1. The van der Waals surface area contributed by atoms with E-state index in [9.17, 15) is 24.5 Å². The van der Waals surface area contributed by atoms with E-state index in [-0.39, 0.29) is 17.2 Å². The Kier molecular flexibility index (Phi) is 8.36. The Labute approximate surface area is 162 Å². The molecule has 1 amide bonds. The molecule has 0 aromatic heterocycles. The fourth-order valence-electron chi connectivity index (χ4n) is 2.46. The van der Waals surface area contributed by atoms with Crippen LogP contribution in [0, 0.1) is 16.0 Å². The van der Waals surface area contributed by atoms with Gasteiger partial charge in [-0.3, -0.25) is 14.9 Å². The molecule has 0 spiro atoms. The number of anilines is 1. The summed E-state index contributed by atoms with van der Waals surface area (Å²) >= 11 is 0. The molecule has 1 aromatic rings. The number of carbonyl (C=O) groups is 3. The van der Waals surface area contributed by atoms with Gasteiger partial charge >= 0.3 is 11.9 Å². The third-order valence-corrected chi connectivity index (χ3v) is 3.76. The maximum atomic E-state index is 12.4. The number of nitro groups is 1. The monoisotopic (exact) mass is 395 g/mol. The molecule has 0 bridgehead atoms. The molecule has 0 saturated heterocycles. The Bertz CT molecular complexity index is 747. The van der Waals surface area contributed by atoms with Gasteiger partial charge in [0.1, 0.15) is 6.04 Å². The molecule has 154 valence electrons. The quantitative estimate of drug-likeness (QED) is 0.379. The van der Waals surface area contributed by atoms with Gasteiger partial charge in [-0.2, -0.15) is 0 Å². The first-order valence-corrected chi connectivity index (χ1v) is 8.56. The third kappa shape index (κ3) is 6.53. The molecule has 0 fully saturated rings. The molecule has 1 aromatic carbocycles. The minimum absolute atomic E-state index is 0.0429. The number of methoxy groups -OCH3 is 1. The summed E-state index contributed by atoms with van der Waals surface area (Å²) < 4.78 is 9.64. The number of carbonyl (C=O) groups excluding carboxylic acids is 3. The first kappa shape index (κ1) is 22.9. The molecule has 0 saturated carbocycles. The van der Waals surface area contributed by atoms with Gasteiger partial charge in [-0.15, -0.1) is 0 Å². The summed E-state index contributed by atoms with van der Waals surface area (Å²) in [6.45, 7) is 3.13. The van der Waals surface area contributed by atoms with Crippen molar-refractivity contribution in [3.05, 3.63) is 33.9 Å². The lowest BCUT2D eigenvalue weighted by Crippen LogP contribution is -2.44. The van der Waals surface area contributed by atoms with Crippen molar-refractivity contribution < 1.29 is 28.8 Å². The number of non-ortho nitro benzene ring substituents is 1. The summed E-state index contributed by atoms with van der Waals surface area (Å²) in [5, 5.41) is 13.4. The van der Waals surface area contributed by atoms with E-state index in [4.69, 9.17) is 4.74 Å². The molecule has 28 heavy (non-hydrogen) atoms. The zero-order valence-corrected chi connectivity index (χ0v) is 16.6. The van der Waals surface area contributed by atoms with Crippen LogP contribution in [0.4, 0.5) is 11.4 Å². The highest BCUT2D eigenvalue weighted by Gasteiger charge is 2.24. The first-order valence-electron chi connectivity index (χ1n) is 8.56. The number of amides is 1. The average molecular weight is 395 g/mol. The molecule has 1 rings (SSSR count). The van der Waals surface area contributed by atoms with Crippen molar-refractivity contribution in [2.45, 2.75) is 26.3 Å². The molecule has 0 unspecified atom stereocenters. The highest BCUT2D eigenvalue weighted by molar-refractivity contribution is 5.98. The number of hydrogen-bond donors (Lipinski definition) is 1. The molecular formula is C18H25N3O7. The van der Waals surface area contributed by atoms with Crippen molar-refractivity contribution in [1.82, 2.24) is 5.32 Å². The van der Waals surface area contributed by atoms with Crippen molar-refractivity contribution in [3.8, 4) is 0 Å². The van der Waals surface area contributed by atoms with Crippen LogP contribution >= 0.6 is 0 Å². The summed E-state index contributed by atoms with van der Waals surface area (Å²) in [6.07, 6.45) is 0.363. The van der Waals surface area contributed by atoms with Crippen LogP contribution in [-0.2, 0) is 19.1 Å². The van der Waals surface area contributed by atoms with Crippen LogP contribution in [0.15, 0.2) is 18.2 Å². The van der Waals surface area contributed by atoms with E-state index < -0.39 is 35.4 Å². The van der Waals surface area contributed by atoms with E-state index in [0.717, 1.165) is 6.07 Å². The fraction of sp³-hybridized carbons (Fsp3) is 0.500. The maximum Gasteiger partial charge on any atom is 0.341 e. The van der Waals surface area contributed by atoms with Gasteiger partial charge in [-0.1, -0.05) is 13.8 Å². The SMILES string of the molecule is COC(=O)[C@H](CC(C)C)NC(=O)COC(=O)c1cc([N+](=O)[O-])ccc1N(C)C. The summed E-state index contributed by atoms with van der Waals surface area (Å²) in [5.41, 5.74) is 0.0895. The Balaban J connectivity index is 2.85. The van der Waals surface area contributed by atoms with Gasteiger partial charge in [0.05, 0.1) is 23.3 Å². The molecule has 0 aliphatic heterocycles. The molecule has 1 N–H and O–H groups in total. The molecule has 1 atom stereocenters. The van der Waals surface area contributed by atoms with Crippen LogP contribution in [0.2, 0.25) is 0 Å². The van der Waals surface area contributed by atoms with Gasteiger partial charge in [0.2, 0.25) is 0 Å². The fourth-order valence-corrected chi connectivity index (χ4v) is 2.46. The second kappa shape index (κ2) is 10.2. The normalized spacial score (nSPS) is 11.5. The zero-order chi connectivity index (χ0) is 21.4. The predicted octanol–water partition coefficient (Wildman–Crippen LogP) is 1.52. The molecule has 0 aliphatic rings. The van der Waals surface area contributed by atoms with Crippen LogP contribution in [0.3, 0.4) is 0 Å². The number of hydrogen-bond acceptors (Lipinski definition) is 8. The average Bonchev–Trinajstić information content (AvgIpc) is 2.63. The Morgan fingerprint density at radius 3 is 2.39 bits per heavy atom. The molecule has 10 nitrogen and oxygen atoms in total. The topological polar surface area (TPSA) is 128 Å². The van der Waals surface area contributed by atoms with Gasteiger partial charge < -0.3 is 19.7 Å². The Morgan fingerprint density at radius 1 is 1.25 bits per heavy atom. The van der Waals surface area contributed by atoms with Gasteiger partial charge in [-0.05, 0) is 18.4 Å². The van der Waals surface area contributed by atoms with Crippen molar-refractivity contribution in [2.75, 3.05) is 32.7 Å². The predicted molar refractivity (Wildman–Crippen MR) is 101 cm³/mol. The summed E-state index contributed by atoms with van der Waals surface area (Å²) in [7, 11) is 4.54. The maximum absolute atomic E-state index is 12.4. The summed E-state index contributed by atoms with van der Waals surface area (Å²) in [4.78, 5) is 48.1. The van der Waals surface area contributed by atoms with E-state index in [1.807, 2.05) is 13.8 Å². The van der Waals surface area contributed by atoms with Gasteiger partial charge in [0, 0.05) is 26.2 Å². The number of nitro benzene ring substituents is 1. The summed E-state index contributed by atoms with van der Waals surface area (Å²) in [5.74, 6) is -2.04. The number of benzene rings is 1. The van der Waals surface area contributed by atoms with Gasteiger partial charge in [-0.25, -0.2) is 9.59 Å². The summed E-state index contributed by atoms with van der Waals surface area (Å²) in [6, 6.07) is 2.92. The molecule has 0 heterocycles. The number of nitrogens with one attached hydrogen (secondary N) is 1. The number of esters is 2. The van der Waals surface area contributed by atoms with Crippen molar-refractivity contribution in [3.63, 3.8) is 0 Å². The highest BCUT2D eigenvalue weighted by Crippen LogP contribution is 2.24. The largest absolute Gasteiger partial charge is 0.467 e. The van der Waals surface area contributed by atoms with Gasteiger partial charge in [0.25, 0.3) is 11.6 Å². The Morgan fingerprint density at radius 2 is 1.89 bits per heavy atom. The van der Waals surface area contributed by atoms with E-state index in [0.29, 0.717) is 12.1 Å². The van der Waals surface area contributed by atoms with Crippen LogP contribution in [0.1, 0.15) is 30.6 Å². The number of ether oxygens (including phenoxy) is 2. The smallest absolute Gasteiger partial charge is 0.341 e. The van der Waals surface area contributed by atoms with Crippen molar-refractivity contribution in [2.24, 2.45) is 5.92 Å². The van der Waals surface area contributed by atoms with Crippen LogP contribution in [-0.4, -0.2) is 56.6 Å². The van der Waals surface area contributed by atoms with Gasteiger partial charge in [0.15, 0.2) is 6.61 Å².